The third-order valence-electron chi connectivity index (χ3n) is 4.23. The third kappa shape index (κ3) is 3.52. The maximum atomic E-state index is 12.9. The lowest BCUT2D eigenvalue weighted by Crippen LogP contribution is -2.21. The molecule has 6 nitrogen and oxygen atoms in total. The molecule has 0 unspecified atom stereocenters. The second kappa shape index (κ2) is 7.71. The molecule has 28 heavy (non-hydrogen) atoms. The van der Waals surface area contributed by atoms with Crippen LogP contribution in [0.1, 0.15) is 16.1 Å². The Morgan fingerprint density at radius 2 is 2.11 bits per heavy atom. The number of thiazole rings is 1. The number of hydrogen-bond donors (Lipinski definition) is 1. The quantitative estimate of drug-likeness (QED) is 0.554. The summed E-state index contributed by atoms with van der Waals surface area (Å²) in [5.74, 6) is -0.321. The van der Waals surface area contributed by atoms with Crippen molar-refractivity contribution in [2.75, 3.05) is 14.1 Å². The van der Waals surface area contributed by atoms with E-state index in [0.717, 1.165) is 16.8 Å². The summed E-state index contributed by atoms with van der Waals surface area (Å²) in [4.78, 5) is 27.2. The number of amides is 1. The summed E-state index contributed by atoms with van der Waals surface area (Å²) in [6.45, 7) is 0.697. The first-order chi connectivity index (χ1) is 13.5. The van der Waals surface area contributed by atoms with Crippen LogP contribution in [0.2, 0.25) is 5.02 Å². The predicted octanol–water partition coefficient (Wildman–Crippen LogP) is 3.87. The Hall–Kier alpha value is -2.74. The van der Waals surface area contributed by atoms with E-state index in [4.69, 9.17) is 11.6 Å². The third-order valence-corrected chi connectivity index (χ3v) is 5.42. The van der Waals surface area contributed by atoms with Gasteiger partial charge in [0.15, 0.2) is 4.80 Å². The Labute approximate surface area is 170 Å². The van der Waals surface area contributed by atoms with Crippen LogP contribution in [-0.4, -0.2) is 39.4 Å². The van der Waals surface area contributed by atoms with Crippen LogP contribution in [0.4, 0.5) is 0 Å². The Morgan fingerprint density at radius 1 is 1.29 bits per heavy atom. The van der Waals surface area contributed by atoms with Gasteiger partial charge in [-0.3, -0.25) is 9.36 Å². The number of aromatic nitrogens is 3. The van der Waals surface area contributed by atoms with Gasteiger partial charge >= 0.3 is 0 Å². The molecule has 0 aliphatic heterocycles. The van der Waals surface area contributed by atoms with E-state index in [-0.39, 0.29) is 5.91 Å². The summed E-state index contributed by atoms with van der Waals surface area (Å²) >= 11 is 7.86. The topological polar surface area (TPSA) is 66.3 Å². The maximum absolute atomic E-state index is 12.9. The van der Waals surface area contributed by atoms with E-state index in [1.165, 1.54) is 11.3 Å². The minimum absolute atomic E-state index is 0.321. The van der Waals surface area contributed by atoms with E-state index in [9.17, 15) is 4.79 Å². The molecular weight excluding hydrogens is 394 g/mol. The summed E-state index contributed by atoms with van der Waals surface area (Å²) < 4.78 is 1.94. The van der Waals surface area contributed by atoms with Crippen molar-refractivity contribution in [3.8, 4) is 5.69 Å². The van der Waals surface area contributed by atoms with Crippen molar-refractivity contribution < 1.29 is 4.79 Å². The number of rotatable bonds is 4. The largest absolute Gasteiger partial charge is 0.345 e. The number of benzene rings is 1. The van der Waals surface area contributed by atoms with E-state index >= 15 is 0 Å². The fourth-order valence-corrected chi connectivity index (χ4v) is 4.13. The van der Waals surface area contributed by atoms with Gasteiger partial charge in [-0.1, -0.05) is 23.7 Å². The monoisotopic (exact) mass is 411 g/mol. The fraction of sp³-hybridized carbons (Fsp3) is 0.150. The van der Waals surface area contributed by atoms with Crippen molar-refractivity contribution in [3.63, 3.8) is 0 Å². The molecule has 0 bridgehead atoms. The van der Waals surface area contributed by atoms with E-state index < -0.39 is 0 Å². The van der Waals surface area contributed by atoms with Crippen LogP contribution in [0.5, 0.6) is 0 Å². The van der Waals surface area contributed by atoms with Gasteiger partial charge in [0.25, 0.3) is 5.91 Å². The molecule has 0 aliphatic carbocycles. The number of fused-ring (bicyclic) bond motifs is 1. The Kier molecular flexibility index (Phi) is 5.13. The van der Waals surface area contributed by atoms with Gasteiger partial charge in [0.1, 0.15) is 5.65 Å². The van der Waals surface area contributed by atoms with Gasteiger partial charge in [0.05, 0.1) is 16.3 Å². The molecule has 142 valence electrons. The number of nitrogens with zero attached hydrogens (tertiary/aromatic N) is 4. The second-order valence-electron chi connectivity index (χ2n) is 6.55. The molecule has 0 radical (unpaired) electrons. The van der Waals surface area contributed by atoms with Crippen LogP contribution in [0.15, 0.2) is 59.2 Å². The zero-order valence-electron chi connectivity index (χ0n) is 15.4. The molecular formula is C20H18ClN5OS. The molecule has 4 aromatic rings. The number of hydrogen-bond acceptors (Lipinski definition) is 4. The van der Waals surface area contributed by atoms with Gasteiger partial charge in [-0.05, 0) is 38.4 Å². The zero-order chi connectivity index (χ0) is 19.7. The highest BCUT2D eigenvalue weighted by Gasteiger charge is 2.15. The molecule has 1 N–H and O–H groups in total. The number of aromatic amines is 1. The van der Waals surface area contributed by atoms with Crippen molar-refractivity contribution in [2.45, 2.75) is 6.54 Å². The maximum Gasteiger partial charge on any atom is 0.281 e. The first kappa shape index (κ1) is 18.6. The fourth-order valence-electron chi connectivity index (χ4n) is 3.03. The standard InChI is InChI=1S/C20H18ClN5OS/c1-25(2)11-13-12-28-20(26(13)17-8-4-3-7-16(17)21)24-19(27)15-10-23-18-14(15)6-5-9-22-18/h3-10,12H,11H2,1-2H3,(H,22,23)/b24-20-. The van der Waals surface area contributed by atoms with Crippen LogP contribution in [-0.2, 0) is 6.54 Å². The van der Waals surface area contributed by atoms with Gasteiger partial charge in [-0.25, -0.2) is 4.98 Å². The molecule has 0 aliphatic rings. The molecule has 0 saturated heterocycles. The summed E-state index contributed by atoms with van der Waals surface area (Å²) in [5.41, 5.74) is 2.97. The normalized spacial score (nSPS) is 12.2. The minimum Gasteiger partial charge on any atom is -0.345 e. The Morgan fingerprint density at radius 3 is 2.89 bits per heavy atom. The number of carbonyl (C=O) groups excluding carboxylic acids is 1. The lowest BCUT2D eigenvalue weighted by Gasteiger charge is -2.14. The highest BCUT2D eigenvalue weighted by atomic mass is 35.5. The molecule has 3 aromatic heterocycles. The number of halogens is 1. The van der Waals surface area contributed by atoms with Crippen LogP contribution >= 0.6 is 22.9 Å². The predicted molar refractivity (Wildman–Crippen MR) is 112 cm³/mol. The van der Waals surface area contributed by atoms with E-state index in [0.29, 0.717) is 27.6 Å². The molecule has 1 amide bonds. The minimum atomic E-state index is -0.321. The molecule has 8 heteroatoms. The smallest absolute Gasteiger partial charge is 0.281 e. The van der Waals surface area contributed by atoms with Crippen molar-refractivity contribution in [1.82, 2.24) is 19.4 Å². The average molecular weight is 412 g/mol. The van der Waals surface area contributed by atoms with E-state index in [1.807, 2.05) is 54.4 Å². The summed E-state index contributed by atoms with van der Waals surface area (Å²) in [7, 11) is 3.99. The number of carbonyl (C=O) groups is 1. The van der Waals surface area contributed by atoms with Crippen molar-refractivity contribution in [2.24, 2.45) is 4.99 Å². The van der Waals surface area contributed by atoms with Crippen LogP contribution < -0.4 is 4.80 Å². The Bertz CT molecular complexity index is 1220. The molecule has 1 aromatic carbocycles. The van der Waals surface area contributed by atoms with Crippen molar-refractivity contribution in [3.05, 3.63) is 75.3 Å². The van der Waals surface area contributed by atoms with Crippen molar-refractivity contribution >= 4 is 39.9 Å². The average Bonchev–Trinajstić information content (AvgIpc) is 3.26. The molecule has 0 spiro atoms. The van der Waals surface area contributed by atoms with Gasteiger partial charge in [0.2, 0.25) is 0 Å². The zero-order valence-corrected chi connectivity index (χ0v) is 17.0. The Balaban J connectivity index is 1.86. The first-order valence-electron chi connectivity index (χ1n) is 8.65. The van der Waals surface area contributed by atoms with Crippen LogP contribution in [0.25, 0.3) is 16.7 Å². The molecule has 3 heterocycles. The van der Waals surface area contributed by atoms with Gasteiger partial charge < -0.3 is 9.88 Å². The summed E-state index contributed by atoms with van der Waals surface area (Å²) in [6.07, 6.45) is 3.33. The lowest BCUT2D eigenvalue weighted by molar-refractivity contribution is 0.0999. The lowest BCUT2D eigenvalue weighted by atomic mass is 10.2. The van der Waals surface area contributed by atoms with Crippen LogP contribution in [0.3, 0.4) is 0 Å². The first-order valence-corrected chi connectivity index (χ1v) is 9.90. The van der Waals surface area contributed by atoms with Crippen molar-refractivity contribution in [1.29, 1.82) is 0 Å². The number of pyridine rings is 1. The van der Waals surface area contributed by atoms with E-state index in [2.05, 4.69) is 19.9 Å². The number of H-pyrrole nitrogens is 1. The highest BCUT2D eigenvalue weighted by Crippen LogP contribution is 2.22. The van der Waals surface area contributed by atoms with E-state index in [1.54, 1.807) is 18.5 Å². The summed E-state index contributed by atoms with van der Waals surface area (Å²) in [6, 6.07) is 11.2. The molecule has 0 atom stereocenters. The summed E-state index contributed by atoms with van der Waals surface area (Å²) in [5, 5.41) is 3.36. The van der Waals surface area contributed by atoms with Gasteiger partial charge in [-0.15, -0.1) is 11.3 Å². The number of nitrogens with one attached hydrogen (secondary N) is 1. The van der Waals surface area contributed by atoms with Crippen LogP contribution in [0, 0.1) is 0 Å². The van der Waals surface area contributed by atoms with Gasteiger partial charge in [0, 0.05) is 35.4 Å². The number of para-hydroxylation sites is 1. The molecule has 0 fully saturated rings. The molecule has 4 rings (SSSR count). The van der Waals surface area contributed by atoms with Gasteiger partial charge in [-0.2, -0.15) is 4.99 Å². The SMILES string of the molecule is CN(C)Cc1cs/c(=N\C(=O)c2c[nH]c3ncccc23)n1-c1ccccc1Cl. The second-order valence-corrected chi connectivity index (χ2v) is 7.80. The highest BCUT2D eigenvalue weighted by molar-refractivity contribution is 7.07. The molecule has 0 saturated carbocycles.